The van der Waals surface area contributed by atoms with E-state index in [0.717, 1.165) is 24.1 Å². The molecule has 1 amide bonds. The summed E-state index contributed by atoms with van der Waals surface area (Å²) in [4.78, 5) is 19.2. The van der Waals surface area contributed by atoms with E-state index in [0.29, 0.717) is 42.2 Å². The molecule has 1 fully saturated rings. The highest BCUT2D eigenvalue weighted by Gasteiger charge is 2.17. The van der Waals surface area contributed by atoms with Crippen molar-refractivity contribution >= 4 is 17.4 Å². The average Bonchev–Trinajstić information content (AvgIpc) is 3.27. The van der Waals surface area contributed by atoms with Gasteiger partial charge in [-0.1, -0.05) is 30.7 Å². The van der Waals surface area contributed by atoms with Gasteiger partial charge in [-0.15, -0.1) is 0 Å². The number of hydrogen-bond acceptors (Lipinski definition) is 6. The third-order valence-corrected chi connectivity index (χ3v) is 6.74. The fraction of sp³-hybridized carbons (Fsp3) is 0.423. The van der Waals surface area contributed by atoms with E-state index in [1.807, 2.05) is 24.3 Å². The summed E-state index contributed by atoms with van der Waals surface area (Å²) in [6, 6.07) is 14.4. The smallest absolute Gasteiger partial charge is 0.298 e. The predicted octanol–water partition coefficient (Wildman–Crippen LogP) is 4.98. The predicted molar refractivity (Wildman–Crippen MR) is 132 cm³/mol. The molecule has 1 N–H and O–H groups in total. The van der Waals surface area contributed by atoms with Gasteiger partial charge in [-0.05, 0) is 68.1 Å². The van der Waals surface area contributed by atoms with E-state index in [1.54, 1.807) is 12.1 Å². The molecule has 1 unspecified atom stereocenters. The molecule has 1 aromatic heterocycles. The second-order valence-electron chi connectivity index (χ2n) is 8.79. The Morgan fingerprint density at radius 3 is 2.68 bits per heavy atom. The topological polar surface area (TPSA) is 67.4 Å². The number of nitrogens with zero attached hydrogens (tertiary/aromatic N) is 3. The van der Waals surface area contributed by atoms with Crippen molar-refractivity contribution in [3.8, 4) is 10.9 Å². The minimum Gasteiger partial charge on any atom is -0.430 e. The van der Waals surface area contributed by atoms with Crippen LogP contribution in [-0.4, -0.2) is 45.8 Å². The number of carbonyl (C=O) groups excluding carboxylic acids is 1. The lowest BCUT2D eigenvalue weighted by atomic mass is 10.0. The lowest BCUT2D eigenvalue weighted by molar-refractivity contribution is -0.120. The molecule has 180 valence electrons. The molecule has 6 nitrogen and oxygen atoms in total. The van der Waals surface area contributed by atoms with Crippen LogP contribution in [0, 0.1) is 5.82 Å². The molecule has 1 aliphatic rings. The van der Waals surface area contributed by atoms with Crippen LogP contribution in [0.1, 0.15) is 49.6 Å². The zero-order valence-corrected chi connectivity index (χ0v) is 20.3. The lowest BCUT2D eigenvalue weighted by Gasteiger charge is -2.33. The van der Waals surface area contributed by atoms with Crippen molar-refractivity contribution in [1.29, 1.82) is 0 Å². The highest BCUT2D eigenvalue weighted by atomic mass is 32.1. The molecular weight excluding hydrogens is 451 g/mol. The molecule has 1 aliphatic heterocycles. The fourth-order valence-corrected chi connectivity index (χ4v) is 4.73. The van der Waals surface area contributed by atoms with Gasteiger partial charge in [0, 0.05) is 37.1 Å². The van der Waals surface area contributed by atoms with Crippen LogP contribution < -0.4 is 10.1 Å². The second kappa shape index (κ2) is 12.0. The Labute approximate surface area is 204 Å². The largest absolute Gasteiger partial charge is 0.430 e. The maximum atomic E-state index is 13.0. The summed E-state index contributed by atoms with van der Waals surface area (Å²) in [5.41, 5.74) is 1.87. The quantitative estimate of drug-likeness (QED) is 0.413. The monoisotopic (exact) mass is 482 g/mol. The summed E-state index contributed by atoms with van der Waals surface area (Å²) >= 11 is 1.18. The Morgan fingerprint density at radius 1 is 1.15 bits per heavy atom. The van der Waals surface area contributed by atoms with Gasteiger partial charge >= 0.3 is 0 Å². The Bertz CT molecular complexity index is 1060. The molecule has 0 radical (unpaired) electrons. The molecular formula is C26H31FN4O2S. The number of piperidine rings is 1. The van der Waals surface area contributed by atoms with E-state index >= 15 is 0 Å². The third-order valence-electron chi connectivity index (χ3n) is 6.10. The van der Waals surface area contributed by atoms with Gasteiger partial charge in [-0.25, -0.2) is 4.39 Å². The number of nitrogens with one attached hydrogen (secondary N) is 1. The number of benzene rings is 2. The standard InChI is InChI=1S/C26H31FN4O2S/c1-19-5-2-3-15-31(19)16-4-14-28-25(32)18-21-8-12-23(13-9-21)33-26-29-24(30-34-26)17-20-6-10-22(27)11-7-20/h6-13,19H,2-5,14-18H2,1H3,(H,28,32). The van der Waals surface area contributed by atoms with Gasteiger partial charge in [-0.2, -0.15) is 9.36 Å². The summed E-state index contributed by atoms with van der Waals surface area (Å²) in [5, 5.41) is 3.48. The van der Waals surface area contributed by atoms with Gasteiger partial charge in [0.05, 0.1) is 6.42 Å². The van der Waals surface area contributed by atoms with Crippen LogP contribution in [-0.2, 0) is 17.6 Å². The average molecular weight is 483 g/mol. The van der Waals surface area contributed by atoms with Crippen molar-refractivity contribution in [2.75, 3.05) is 19.6 Å². The van der Waals surface area contributed by atoms with Gasteiger partial charge in [0.25, 0.3) is 5.19 Å². The molecule has 1 saturated heterocycles. The van der Waals surface area contributed by atoms with E-state index in [2.05, 4.69) is 26.5 Å². The van der Waals surface area contributed by atoms with Crippen LogP contribution in [0.4, 0.5) is 4.39 Å². The first-order valence-corrected chi connectivity index (χ1v) is 12.7. The summed E-state index contributed by atoms with van der Waals surface area (Å²) in [6.07, 6.45) is 5.74. The molecule has 0 spiro atoms. The number of likely N-dealkylation sites (tertiary alicyclic amines) is 1. The maximum absolute atomic E-state index is 13.0. The summed E-state index contributed by atoms with van der Waals surface area (Å²) in [5.74, 6) is 1.05. The van der Waals surface area contributed by atoms with E-state index in [4.69, 9.17) is 4.74 Å². The highest BCUT2D eigenvalue weighted by Crippen LogP contribution is 2.24. The molecule has 0 aliphatic carbocycles. The minimum absolute atomic E-state index is 0.0370. The van der Waals surface area contributed by atoms with Crippen molar-refractivity contribution < 1.29 is 13.9 Å². The van der Waals surface area contributed by atoms with Crippen molar-refractivity contribution in [3.63, 3.8) is 0 Å². The van der Waals surface area contributed by atoms with Gasteiger partial charge in [0.15, 0.2) is 5.82 Å². The second-order valence-corrected chi connectivity index (χ2v) is 9.50. The molecule has 1 atom stereocenters. The first-order valence-electron chi connectivity index (χ1n) is 11.9. The number of ether oxygens (including phenoxy) is 1. The molecule has 2 aromatic carbocycles. The van der Waals surface area contributed by atoms with Gasteiger partial charge < -0.3 is 15.0 Å². The number of hydrogen-bond donors (Lipinski definition) is 1. The molecule has 8 heteroatoms. The van der Waals surface area contributed by atoms with Gasteiger partial charge in [-0.3, -0.25) is 4.79 Å². The molecule has 0 bridgehead atoms. The third kappa shape index (κ3) is 7.33. The maximum Gasteiger partial charge on any atom is 0.298 e. The molecule has 4 rings (SSSR count). The summed E-state index contributed by atoms with van der Waals surface area (Å²) < 4.78 is 23.2. The number of rotatable bonds is 10. The van der Waals surface area contributed by atoms with E-state index < -0.39 is 0 Å². The molecule has 0 saturated carbocycles. The zero-order valence-electron chi connectivity index (χ0n) is 19.5. The molecule has 3 aromatic rings. The summed E-state index contributed by atoms with van der Waals surface area (Å²) in [6.45, 7) is 5.23. The molecule has 2 heterocycles. The first kappa shape index (κ1) is 24.3. The van der Waals surface area contributed by atoms with Gasteiger partial charge in [0.2, 0.25) is 5.91 Å². The first-order chi connectivity index (χ1) is 16.5. The van der Waals surface area contributed by atoms with Crippen LogP contribution in [0.2, 0.25) is 0 Å². The number of aromatic nitrogens is 2. The van der Waals surface area contributed by atoms with E-state index in [9.17, 15) is 9.18 Å². The number of halogens is 1. The Balaban J connectivity index is 1.18. The van der Waals surface area contributed by atoms with Crippen LogP contribution in [0.25, 0.3) is 0 Å². The SMILES string of the molecule is CC1CCCCN1CCCNC(=O)Cc1ccc(Oc2nc(Cc3ccc(F)cc3)ns2)cc1. The van der Waals surface area contributed by atoms with Crippen LogP contribution >= 0.6 is 11.5 Å². The Morgan fingerprint density at radius 2 is 1.91 bits per heavy atom. The van der Waals surface area contributed by atoms with E-state index in [-0.39, 0.29) is 11.7 Å². The molecule has 34 heavy (non-hydrogen) atoms. The number of carbonyl (C=O) groups is 1. The normalized spacial score (nSPS) is 16.4. The van der Waals surface area contributed by atoms with Crippen LogP contribution in [0.15, 0.2) is 48.5 Å². The van der Waals surface area contributed by atoms with Gasteiger partial charge in [0.1, 0.15) is 11.6 Å². The van der Waals surface area contributed by atoms with E-state index in [1.165, 1.54) is 49.5 Å². The lowest BCUT2D eigenvalue weighted by Crippen LogP contribution is -2.39. The van der Waals surface area contributed by atoms with Crippen molar-refractivity contribution in [3.05, 3.63) is 71.3 Å². The van der Waals surface area contributed by atoms with Crippen LogP contribution in [0.5, 0.6) is 10.9 Å². The van der Waals surface area contributed by atoms with Crippen molar-refractivity contribution in [2.45, 2.75) is 51.5 Å². The summed E-state index contributed by atoms with van der Waals surface area (Å²) in [7, 11) is 0. The van der Waals surface area contributed by atoms with Crippen molar-refractivity contribution in [1.82, 2.24) is 19.6 Å². The van der Waals surface area contributed by atoms with Crippen LogP contribution in [0.3, 0.4) is 0 Å². The Kier molecular flexibility index (Phi) is 8.60. The Hall–Kier alpha value is -2.84. The zero-order chi connectivity index (χ0) is 23.8. The van der Waals surface area contributed by atoms with Crippen molar-refractivity contribution in [2.24, 2.45) is 0 Å². The number of amides is 1. The highest BCUT2D eigenvalue weighted by molar-refractivity contribution is 7.07. The minimum atomic E-state index is -0.262. The fourth-order valence-electron chi connectivity index (χ4n) is 4.16.